The van der Waals surface area contributed by atoms with Gasteiger partial charge >= 0.3 is 0 Å². The summed E-state index contributed by atoms with van der Waals surface area (Å²) in [6.45, 7) is 2.84. The van der Waals surface area contributed by atoms with Crippen molar-refractivity contribution in [1.82, 2.24) is 5.32 Å². The van der Waals surface area contributed by atoms with Gasteiger partial charge in [0.05, 0.1) is 18.8 Å². The molecule has 1 fully saturated rings. The minimum atomic E-state index is -2.37. The third-order valence-electron chi connectivity index (χ3n) is 4.70. The van der Waals surface area contributed by atoms with Gasteiger partial charge in [-0.2, -0.15) is 0 Å². The summed E-state index contributed by atoms with van der Waals surface area (Å²) in [6.07, 6.45) is -4.69. The van der Waals surface area contributed by atoms with Crippen molar-refractivity contribution in [3.63, 3.8) is 0 Å². The van der Waals surface area contributed by atoms with E-state index in [0.29, 0.717) is 6.42 Å². The first-order valence-electron chi connectivity index (χ1n) is 8.62. The van der Waals surface area contributed by atoms with E-state index < -0.39 is 61.1 Å². The van der Waals surface area contributed by atoms with E-state index in [2.05, 4.69) is 5.32 Å². The van der Waals surface area contributed by atoms with E-state index in [1.807, 2.05) is 19.9 Å². The Labute approximate surface area is 157 Å². The fourth-order valence-electron chi connectivity index (χ4n) is 2.81. The van der Waals surface area contributed by atoms with Crippen LogP contribution in [-0.4, -0.2) is 82.3 Å². The maximum atomic E-state index is 12.2. The van der Waals surface area contributed by atoms with Crippen molar-refractivity contribution in [2.45, 2.75) is 69.4 Å². The van der Waals surface area contributed by atoms with Gasteiger partial charge in [0.15, 0.2) is 0 Å². The van der Waals surface area contributed by atoms with Gasteiger partial charge in [0, 0.05) is 20.0 Å². The van der Waals surface area contributed by atoms with Gasteiger partial charge in [-0.3, -0.25) is 4.79 Å². The molecule has 27 heavy (non-hydrogen) atoms. The number of rotatable bonds is 9. The number of carbonyl (C=O) groups is 2. The molecule has 10 nitrogen and oxygen atoms in total. The van der Waals surface area contributed by atoms with Gasteiger partial charge < -0.3 is 45.1 Å². The van der Waals surface area contributed by atoms with E-state index >= 15 is 0 Å². The van der Waals surface area contributed by atoms with Gasteiger partial charge in [0.1, 0.15) is 24.3 Å². The molecular weight excluding hydrogens is 362 g/mol. The summed E-state index contributed by atoms with van der Waals surface area (Å²) < 4.78 is 10.1. The summed E-state index contributed by atoms with van der Waals surface area (Å²) >= 11 is 0. The molecule has 1 unspecified atom stereocenters. The van der Waals surface area contributed by atoms with E-state index in [-0.39, 0.29) is 6.42 Å². The van der Waals surface area contributed by atoms with Crippen molar-refractivity contribution >= 4 is 11.9 Å². The summed E-state index contributed by atoms with van der Waals surface area (Å²) in [5, 5.41) is 53.3. The van der Waals surface area contributed by atoms with E-state index in [1.165, 1.54) is 0 Å². The molecule has 0 radical (unpaired) electrons. The summed E-state index contributed by atoms with van der Waals surface area (Å²) in [4.78, 5) is 23.6. The van der Waals surface area contributed by atoms with Crippen LogP contribution in [0, 0.1) is 0 Å². The zero-order valence-corrected chi connectivity index (χ0v) is 15.6. The van der Waals surface area contributed by atoms with Crippen molar-refractivity contribution in [1.29, 1.82) is 0 Å². The molecule has 6 atom stereocenters. The number of methoxy groups -OCH3 is 1. The topological polar surface area (TPSA) is 169 Å². The zero-order valence-electron chi connectivity index (χ0n) is 15.6. The second kappa shape index (κ2) is 10.1. The molecule has 0 spiro atoms. The third kappa shape index (κ3) is 5.71. The zero-order chi connectivity index (χ0) is 20.8. The Kier molecular flexibility index (Phi) is 8.79. The molecule has 156 valence electrons. The molecule has 5 N–H and O–H groups in total. The number of carboxylic acid groups (broad SMARTS) is 1. The molecule has 0 bridgehead atoms. The number of carboxylic acids is 1. The predicted molar refractivity (Wildman–Crippen MR) is 89.9 cm³/mol. The Morgan fingerprint density at radius 1 is 1.41 bits per heavy atom. The lowest BCUT2D eigenvalue weighted by atomic mass is 9.88. The van der Waals surface area contributed by atoms with Gasteiger partial charge in [-0.25, -0.2) is 0 Å². The number of hydrogen-bond acceptors (Lipinski definition) is 9. The van der Waals surface area contributed by atoms with Crippen LogP contribution in [0.3, 0.4) is 0 Å². The van der Waals surface area contributed by atoms with Crippen LogP contribution in [0.4, 0.5) is 0 Å². The Balaban J connectivity index is 3.04. The monoisotopic (exact) mass is 390 g/mol. The molecule has 0 saturated carbocycles. The van der Waals surface area contributed by atoms with Gasteiger partial charge in [-0.1, -0.05) is 11.6 Å². The largest absolute Gasteiger partial charge is 0.544 e. The molecule has 0 aromatic rings. The number of hydrogen-bond donors (Lipinski definition) is 5. The fourth-order valence-corrected chi connectivity index (χ4v) is 2.81. The van der Waals surface area contributed by atoms with Crippen LogP contribution >= 0.6 is 0 Å². The van der Waals surface area contributed by atoms with Gasteiger partial charge in [0.2, 0.25) is 11.7 Å². The predicted octanol–water partition coefficient (Wildman–Crippen LogP) is -2.83. The lowest BCUT2D eigenvalue weighted by Crippen LogP contribution is -2.69. The summed E-state index contributed by atoms with van der Waals surface area (Å²) in [7, 11) is 1.02. The van der Waals surface area contributed by atoms with E-state index in [0.717, 1.165) is 12.7 Å². The molecular formula is C17H28NO9-. The molecule has 1 aliphatic heterocycles. The van der Waals surface area contributed by atoms with E-state index in [4.69, 9.17) is 14.6 Å². The number of nitrogens with one attached hydrogen (secondary N) is 1. The Bertz CT molecular complexity index is 553. The van der Waals surface area contributed by atoms with Gasteiger partial charge in [-0.15, -0.1) is 0 Å². The highest BCUT2D eigenvalue weighted by Gasteiger charge is 2.52. The average molecular weight is 390 g/mol. The van der Waals surface area contributed by atoms with Crippen molar-refractivity contribution in [2.24, 2.45) is 0 Å². The van der Waals surface area contributed by atoms with E-state index in [9.17, 15) is 30.0 Å². The maximum Gasteiger partial charge on any atom is 0.220 e. The molecule has 0 aromatic carbocycles. The number of aliphatic hydroxyl groups is 4. The first kappa shape index (κ1) is 23.5. The van der Waals surface area contributed by atoms with Crippen LogP contribution in [0.2, 0.25) is 0 Å². The number of ether oxygens (including phenoxy) is 2. The quantitative estimate of drug-likeness (QED) is 0.261. The second-order valence-corrected chi connectivity index (χ2v) is 6.57. The van der Waals surface area contributed by atoms with Gasteiger partial charge in [0.25, 0.3) is 0 Å². The van der Waals surface area contributed by atoms with Crippen molar-refractivity contribution < 1.29 is 44.6 Å². The highest BCUT2D eigenvalue weighted by atomic mass is 16.7. The van der Waals surface area contributed by atoms with Crippen molar-refractivity contribution in [2.75, 3.05) is 13.7 Å². The molecule has 10 heteroatoms. The summed E-state index contributed by atoms with van der Waals surface area (Å²) in [6, 6.07) is -1.23. The molecule has 0 aromatic heterocycles. The van der Waals surface area contributed by atoms with Crippen LogP contribution in [-0.2, 0) is 19.1 Å². The van der Waals surface area contributed by atoms with E-state index in [1.54, 1.807) is 0 Å². The SMILES string of the molecule is C/C=C(\C)CCC(=O)N[C@H]1C([C@H](O)[C@H](O)CO)O[C@@](OC)(C(=O)[O-])C[C@@H]1O. The number of aliphatic carboxylic acids is 1. The van der Waals surface area contributed by atoms with Crippen LogP contribution in [0.15, 0.2) is 11.6 Å². The van der Waals surface area contributed by atoms with Gasteiger partial charge in [-0.05, 0) is 20.3 Å². The fraction of sp³-hybridized carbons (Fsp3) is 0.765. The maximum absolute atomic E-state index is 12.2. The lowest BCUT2D eigenvalue weighted by molar-refractivity contribution is -0.378. The standard InChI is InChI=1S/C17H29NO9/c1-4-9(2)5-6-12(22)18-13-10(20)7-17(26-3,16(24)25)27-15(13)14(23)11(21)8-19/h4,10-11,13-15,19-21,23H,5-8H2,1-3H3,(H,18,22)(H,24,25)/p-1/b9-4+/t10-,11+,13+,14+,15?,17+/m0/s1. The van der Waals surface area contributed by atoms with Crippen LogP contribution in [0.1, 0.15) is 33.1 Å². The number of aliphatic hydroxyl groups excluding tert-OH is 4. The van der Waals surface area contributed by atoms with Crippen LogP contribution in [0.5, 0.6) is 0 Å². The average Bonchev–Trinajstić information content (AvgIpc) is 2.65. The molecule has 1 aliphatic rings. The second-order valence-electron chi connectivity index (χ2n) is 6.57. The Hall–Kier alpha value is -1.56. The highest BCUT2D eigenvalue weighted by molar-refractivity contribution is 5.77. The Morgan fingerprint density at radius 3 is 2.52 bits per heavy atom. The normalized spacial score (nSPS) is 31.2. The van der Waals surface area contributed by atoms with Crippen molar-refractivity contribution in [3.8, 4) is 0 Å². The minimum Gasteiger partial charge on any atom is -0.544 e. The first-order chi connectivity index (χ1) is 12.6. The number of carbonyl (C=O) groups excluding carboxylic acids is 2. The Morgan fingerprint density at radius 2 is 2.04 bits per heavy atom. The highest BCUT2D eigenvalue weighted by Crippen LogP contribution is 2.32. The molecule has 0 aliphatic carbocycles. The third-order valence-corrected chi connectivity index (χ3v) is 4.70. The first-order valence-corrected chi connectivity index (χ1v) is 8.62. The summed E-state index contributed by atoms with van der Waals surface area (Å²) in [5.74, 6) is -4.62. The van der Waals surface area contributed by atoms with Crippen LogP contribution in [0.25, 0.3) is 0 Å². The number of allylic oxidation sites excluding steroid dienone is 2. The molecule has 1 heterocycles. The molecule has 1 amide bonds. The lowest BCUT2D eigenvalue weighted by Gasteiger charge is -2.48. The smallest absolute Gasteiger partial charge is 0.220 e. The molecule has 1 rings (SSSR count). The van der Waals surface area contributed by atoms with Crippen molar-refractivity contribution in [3.05, 3.63) is 11.6 Å². The minimum absolute atomic E-state index is 0.0979. The molecule has 1 saturated heterocycles. The number of amides is 1. The summed E-state index contributed by atoms with van der Waals surface area (Å²) in [5.41, 5.74) is 0.980. The van der Waals surface area contributed by atoms with Crippen LogP contribution < -0.4 is 10.4 Å².